The highest BCUT2D eigenvalue weighted by atomic mass is 28.3. The van der Waals surface area contributed by atoms with E-state index in [4.69, 9.17) is 0 Å². The molecule has 0 amide bonds. The average molecular weight is 277 g/mol. The van der Waals surface area contributed by atoms with E-state index in [1.807, 2.05) is 0 Å². The summed E-state index contributed by atoms with van der Waals surface area (Å²) in [7, 11) is -0.933. The van der Waals surface area contributed by atoms with E-state index >= 15 is 0 Å². The lowest BCUT2D eigenvalue weighted by Gasteiger charge is -2.14. The van der Waals surface area contributed by atoms with Crippen LogP contribution >= 0.6 is 0 Å². The summed E-state index contributed by atoms with van der Waals surface area (Å²) in [6.07, 6.45) is 1.10. The SMILES string of the molecule is Cc1ccc2c(c1)c1c(n2[SiH](C)C)-c2ccccc2C1. The van der Waals surface area contributed by atoms with Crippen LogP contribution in [0.3, 0.4) is 0 Å². The monoisotopic (exact) mass is 277 g/mol. The van der Waals surface area contributed by atoms with E-state index in [1.54, 1.807) is 5.56 Å². The van der Waals surface area contributed by atoms with Crippen molar-refractivity contribution in [2.45, 2.75) is 26.4 Å². The van der Waals surface area contributed by atoms with Crippen LogP contribution in [0.1, 0.15) is 16.7 Å². The maximum atomic E-state index is 2.65. The van der Waals surface area contributed by atoms with Crippen LogP contribution in [0.15, 0.2) is 42.5 Å². The van der Waals surface area contributed by atoms with Crippen molar-refractivity contribution in [1.82, 2.24) is 4.23 Å². The van der Waals surface area contributed by atoms with Gasteiger partial charge in [0, 0.05) is 28.6 Å². The number of benzene rings is 2. The van der Waals surface area contributed by atoms with Crippen molar-refractivity contribution in [3.05, 3.63) is 59.2 Å². The molecule has 4 rings (SSSR count). The van der Waals surface area contributed by atoms with Crippen LogP contribution in [0.4, 0.5) is 0 Å². The van der Waals surface area contributed by atoms with Crippen molar-refractivity contribution >= 4 is 19.9 Å². The minimum atomic E-state index is -0.933. The Morgan fingerprint density at radius 3 is 2.65 bits per heavy atom. The summed E-state index contributed by atoms with van der Waals surface area (Å²) in [5.41, 5.74) is 8.80. The van der Waals surface area contributed by atoms with E-state index in [2.05, 4.69) is 66.7 Å². The first-order valence-electron chi connectivity index (χ1n) is 7.38. The highest BCUT2D eigenvalue weighted by Gasteiger charge is 2.27. The molecule has 1 nitrogen and oxygen atoms in total. The third kappa shape index (κ3) is 1.48. The lowest BCUT2D eigenvalue weighted by molar-refractivity contribution is 1.25. The predicted octanol–water partition coefficient (Wildman–Crippen LogP) is 4.35. The molecule has 0 unspecified atom stereocenters. The van der Waals surface area contributed by atoms with Crippen LogP contribution in [0.2, 0.25) is 13.1 Å². The van der Waals surface area contributed by atoms with Crippen LogP contribution in [0, 0.1) is 6.92 Å². The average Bonchev–Trinajstić information content (AvgIpc) is 2.93. The van der Waals surface area contributed by atoms with Gasteiger partial charge in [-0.25, -0.2) is 0 Å². The molecule has 0 saturated heterocycles. The van der Waals surface area contributed by atoms with Crippen LogP contribution in [-0.4, -0.2) is 13.2 Å². The third-order valence-electron chi connectivity index (χ3n) is 4.42. The van der Waals surface area contributed by atoms with Gasteiger partial charge in [0.05, 0.1) is 0 Å². The van der Waals surface area contributed by atoms with E-state index in [1.165, 1.54) is 33.3 Å². The van der Waals surface area contributed by atoms with Gasteiger partial charge in [0.25, 0.3) is 0 Å². The van der Waals surface area contributed by atoms with Gasteiger partial charge < -0.3 is 4.23 Å². The van der Waals surface area contributed by atoms with Crippen LogP contribution in [0.5, 0.6) is 0 Å². The zero-order valence-corrected chi connectivity index (χ0v) is 13.4. The van der Waals surface area contributed by atoms with Gasteiger partial charge in [-0.2, -0.15) is 0 Å². The highest BCUT2D eigenvalue weighted by Crippen LogP contribution is 2.43. The van der Waals surface area contributed by atoms with Gasteiger partial charge in [-0.1, -0.05) is 49.0 Å². The second-order valence-corrected chi connectivity index (χ2v) is 8.85. The molecule has 0 atom stereocenters. The van der Waals surface area contributed by atoms with Crippen LogP contribution in [-0.2, 0) is 6.42 Å². The van der Waals surface area contributed by atoms with Crippen molar-refractivity contribution in [1.29, 1.82) is 0 Å². The molecule has 0 spiro atoms. The summed E-state index contributed by atoms with van der Waals surface area (Å²) in [6, 6.07) is 15.8. The first-order chi connectivity index (χ1) is 9.66. The fourth-order valence-electron chi connectivity index (χ4n) is 3.60. The van der Waals surface area contributed by atoms with E-state index in [9.17, 15) is 0 Å². The molecule has 100 valence electrons. The second kappa shape index (κ2) is 4.09. The molecule has 1 aliphatic rings. The molecule has 20 heavy (non-hydrogen) atoms. The second-order valence-electron chi connectivity index (χ2n) is 6.15. The summed E-state index contributed by atoms with van der Waals surface area (Å²) in [5, 5.41) is 1.47. The molecule has 0 bridgehead atoms. The topological polar surface area (TPSA) is 4.93 Å². The van der Waals surface area contributed by atoms with Crippen molar-refractivity contribution in [3.8, 4) is 11.3 Å². The quantitative estimate of drug-likeness (QED) is 0.456. The molecular weight excluding hydrogens is 258 g/mol. The van der Waals surface area contributed by atoms with Crippen molar-refractivity contribution < 1.29 is 0 Å². The Labute approximate surface area is 121 Å². The molecule has 0 radical (unpaired) electrons. The van der Waals surface area contributed by atoms with Crippen LogP contribution in [0.25, 0.3) is 22.2 Å². The van der Waals surface area contributed by atoms with Crippen molar-refractivity contribution in [3.63, 3.8) is 0 Å². The highest BCUT2D eigenvalue weighted by molar-refractivity contribution is 6.56. The smallest absolute Gasteiger partial charge is 0.140 e. The Morgan fingerprint density at radius 1 is 1.05 bits per heavy atom. The summed E-state index contributed by atoms with van der Waals surface area (Å²) >= 11 is 0. The number of aryl methyl sites for hydroxylation is 1. The van der Waals surface area contributed by atoms with Gasteiger partial charge in [-0.05, 0) is 30.2 Å². The van der Waals surface area contributed by atoms with Gasteiger partial charge >= 0.3 is 0 Å². The molecule has 1 aromatic heterocycles. The van der Waals surface area contributed by atoms with Gasteiger partial charge in [0.1, 0.15) is 8.96 Å². The Balaban J connectivity index is 2.15. The number of rotatable bonds is 1. The molecule has 2 heteroatoms. The Morgan fingerprint density at radius 2 is 1.85 bits per heavy atom. The summed E-state index contributed by atoms with van der Waals surface area (Å²) in [5.74, 6) is 0. The summed E-state index contributed by atoms with van der Waals surface area (Å²) in [6.45, 7) is 7.03. The first-order valence-corrected chi connectivity index (χ1v) is 10.2. The summed E-state index contributed by atoms with van der Waals surface area (Å²) < 4.78 is 2.65. The van der Waals surface area contributed by atoms with E-state index in [0.29, 0.717) is 0 Å². The van der Waals surface area contributed by atoms with Crippen LogP contribution < -0.4 is 0 Å². The Hall–Kier alpha value is -1.80. The number of aromatic nitrogens is 1. The fourth-order valence-corrected chi connectivity index (χ4v) is 5.19. The maximum Gasteiger partial charge on any atom is 0.140 e. The lowest BCUT2D eigenvalue weighted by Crippen LogP contribution is -2.16. The first kappa shape index (κ1) is 12.0. The molecule has 1 aliphatic carbocycles. The number of hydrogen-bond acceptors (Lipinski definition) is 0. The normalized spacial score (nSPS) is 13.0. The van der Waals surface area contributed by atoms with Gasteiger partial charge in [-0.15, -0.1) is 0 Å². The molecule has 2 aromatic carbocycles. The molecule has 0 N–H and O–H groups in total. The van der Waals surface area contributed by atoms with Gasteiger partial charge in [-0.3, -0.25) is 0 Å². The number of hydrogen-bond donors (Lipinski definition) is 0. The molecular formula is C18H19NSi. The molecule has 0 saturated carbocycles. The largest absolute Gasteiger partial charge is 0.371 e. The zero-order chi connectivity index (χ0) is 13.9. The van der Waals surface area contributed by atoms with Crippen molar-refractivity contribution in [2.75, 3.05) is 0 Å². The van der Waals surface area contributed by atoms with E-state index in [-0.39, 0.29) is 0 Å². The minimum absolute atomic E-state index is 0.933. The number of nitrogens with zero attached hydrogens (tertiary/aromatic N) is 1. The summed E-state index contributed by atoms with van der Waals surface area (Å²) in [4.78, 5) is 0. The van der Waals surface area contributed by atoms with Crippen molar-refractivity contribution in [2.24, 2.45) is 0 Å². The predicted molar refractivity (Wildman–Crippen MR) is 89.2 cm³/mol. The molecule has 3 aromatic rings. The van der Waals surface area contributed by atoms with E-state index < -0.39 is 8.96 Å². The van der Waals surface area contributed by atoms with Gasteiger partial charge in [0.2, 0.25) is 0 Å². The molecule has 0 fully saturated rings. The Bertz CT molecular complexity index is 827. The standard InChI is InChI=1S/C18H19NSi/c1-12-8-9-17-15(10-12)16-11-13-6-4-5-7-14(13)18(16)19(17)20(2)3/h4-10,20H,11H2,1-3H3. The molecule has 1 heterocycles. The lowest BCUT2D eigenvalue weighted by atomic mass is 10.1. The fraction of sp³-hybridized carbons (Fsp3) is 0.222. The zero-order valence-electron chi connectivity index (χ0n) is 12.3. The Kier molecular flexibility index (Phi) is 2.45. The number of fused-ring (bicyclic) bond motifs is 5. The van der Waals surface area contributed by atoms with E-state index in [0.717, 1.165) is 6.42 Å². The van der Waals surface area contributed by atoms with Gasteiger partial charge in [0.15, 0.2) is 0 Å². The maximum absolute atomic E-state index is 2.65. The minimum Gasteiger partial charge on any atom is -0.371 e. The molecule has 0 aliphatic heterocycles. The third-order valence-corrected chi connectivity index (χ3v) is 5.99.